The summed E-state index contributed by atoms with van der Waals surface area (Å²) in [5, 5.41) is 0. The van der Waals surface area contributed by atoms with Gasteiger partial charge in [0.25, 0.3) is 0 Å². The maximum Gasteiger partial charge on any atom is 0.196 e. The molecule has 0 rings (SSSR count). The van der Waals surface area contributed by atoms with Gasteiger partial charge < -0.3 is 0 Å². The van der Waals surface area contributed by atoms with Gasteiger partial charge in [-0.25, -0.2) is 0 Å². The summed E-state index contributed by atoms with van der Waals surface area (Å²) < 4.78 is 0. The molecule has 0 fully saturated rings. The lowest BCUT2D eigenvalue weighted by molar-refractivity contribution is -1.36. The molecule has 0 aromatic heterocycles. The van der Waals surface area contributed by atoms with Crippen molar-refractivity contribution in [2.24, 2.45) is 0 Å². The molecule has 0 amide bonds. The molecule has 0 aliphatic carbocycles. The zero-order valence-electron chi connectivity index (χ0n) is 6.66. The van der Waals surface area contributed by atoms with Crippen molar-refractivity contribution in [3.8, 4) is 0 Å². The van der Waals surface area contributed by atoms with Gasteiger partial charge in [0.1, 0.15) is 21.3 Å². The van der Waals surface area contributed by atoms with Crippen LogP contribution < -0.4 is 0 Å². The highest BCUT2D eigenvalue weighted by Crippen LogP contribution is 2.06. The number of hydroxylamine groups is 3. The van der Waals surface area contributed by atoms with E-state index in [2.05, 4.69) is 6.58 Å². The Balaban J connectivity index is 4.00. The minimum atomic E-state index is -0.316. The van der Waals surface area contributed by atoms with Gasteiger partial charge >= 0.3 is 0 Å². The predicted octanol–water partition coefficient (Wildman–Crippen LogP) is 0.673. The summed E-state index contributed by atoms with van der Waals surface area (Å²) in [6.07, 6.45) is 1.65. The summed E-state index contributed by atoms with van der Waals surface area (Å²) in [6, 6.07) is 0. The van der Waals surface area contributed by atoms with Crippen LogP contribution in [0.25, 0.3) is 0 Å². The quantitative estimate of drug-likeness (QED) is 0.326. The van der Waals surface area contributed by atoms with E-state index in [0.29, 0.717) is 6.54 Å². The first-order valence-corrected chi connectivity index (χ1v) is 2.91. The van der Waals surface area contributed by atoms with Gasteiger partial charge in [-0.1, -0.05) is 6.58 Å². The number of quaternary nitrogens is 1. The van der Waals surface area contributed by atoms with Crippen LogP contribution in [0.2, 0.25) is 0 Å². The topological polar surface area (TPSA) is 27.7 Å². The first-order valence-electron chi connectivity index (χ1n) is 2.91. The highest BCUT2D eigenvalue weighted by atomic mass is 17.2. The van der Waals surface area contributed by atoms with Gasteiger partial charge in [0, 0.05) is 0 Å². The fourth-order valence-corrected chi connectivity index (χ4v) is 0.605. The maximum absolute atomic E-state index is 4.90. The van der Waals surface area contributed by atoms with E-state index >= 15 is 0 Å². The van der Waals surface area contributed by atoms with Crippen LogP contribution in [0.1, 0.15) is 0 Å². The lowest BCUT2D eigenvalue weighted by atomic mass is 10.6. The molecule has 0 N–H and O–H groups in total. The number of rotatable bonds is 5. The second kappa shape index (κ2) is 4.40. The molecule has 60 valence electrons. The van der Waals surface area contributed by atoms with Crippen LogP contribution in [0.3, 0.4) is 0 Å². The Morgan fingerprint density at radius 3 is 1.70 bits per heavy atom. The highest BCUT2D eigenvalue weighted by molar-refractivity contribution is 4.61. The van der Waals surface area contributed by atoms with Crippen LogP contribution in [0.15, 0.2) is 12.7 Å². The van der Waals surface area contributed by atoms with Crippen molar-refractivity contribution in [3.05, 3.63) is 12.7 Å². The summed E-state index contributed by atoms with van der Waals surface area (Å²) in [5.74, 6) is 0. The van der Waals surface area contributed by atoms with Crippen LogP contribution >= 0.6 is 0 Å². The third-order valence-electron chi connectivity index (χ3n) is 1.19. The van der Waals surface area contributed by atoms with Crippen LogP contribution in [0, 0.1) is 0 Å². The zero-order valence-corrected chi connectivity index (χ0v) is 6.66. The maximum atomic E-state index is 4.90. The van der Waals surface area contributed by atoms with E-state index < -0.39 is 0 Å². The molecule has 0 bridgehead atoms. The van der Waals surface area contributed by atoms with Crippen molar-refractivity contribution < 1.29 is 19.5 Å². The molecule has 0 unspecified atom stereocenters. The van der Waals surface area contributed by atoms with Crippen molar-refractivity contribution in [2.45, 2.75) is 0 Å². The van der Waals surface area contributed by atoms with E-state index in [1.54, 1.807) is 6.08 Å². The summed E-state index contributed by atoms with van der Waals surface area (Å²) in [6.45, 7) is 3.98. The van der Waals surface area contributed by atoms with Gasteiger partial charge in [-0.15, -0.1) is 14.5 Å². The molecule has 4 nitrogen and oxygen atoms in total. The first kappa shape index (κ1) is 9.58. The van der Waals surface area contributed by atoms with Crippen molar-refractivity contribution in [3.63, 3.8) is 0 Å². The lowest BCUT2D eigenvalue weighted by Gasteiger charge is -2.23. The molecule has 0 aliphatic rings. The molecular weight excluding hydrogens is 134 g/mol. The summed E-state index contributed by atoms with van der Waals surface area (Å²) >= 11 is 0. The fourth-order valence-electron chi connectivity index (χ4n) is 0.605. The van der Waals surface area contributed by atoms with E-state index in [-0.39, 0.29) is 4.97 Å². The van der Waals surface area contributed by atoms with Crippen molar-refractivity contribution in [1.82, 2.24) is 0 Å². The molecule has 0 heterocycles. The third kappa shape index (κ3) is 2.07. The third-order valence-corrected chi connectivity index (χ3v) is 1.19. The SMILES string of the molecule is C=CC[N+](OC)(OC)OC. The smallest absolute Gasteiger partial charge is 0.135 e. The van der Waals surface area contributed by atoms with Crippen molar-refractivity contribution in [2.75, 3.05) is 27.9 Å². The Kier molecular flexibility index (Phi) is 4.22. The molecule has 0 aromatic rings. The van der Waals surface area contributed by atoms with Crippen molar-refractivity contribution in [1.29, 1.82) is 0 Å². The molecule has 10 heavy (non-hydrogen) atoms. The zero-order chi connectivity index (χ0) is 8.04. The van der Waals surface area contributed by atoms with Gasteiger partial charge in [0.2, 0.25) is 0 Å². The summed E-state index contributed by atoms with van der Waals surface area (Å²) in [4.78, 5) is 14.4. The molecule has 0 saturated heterocycles. The molecule has 4 heteroatoms. The van der Waals surface area contributed by atoms with E-state index in [1.807, 2.05) is 0 Å². The Hall–Kier alpha value is -0.420. The Labute approximate surface area is 61.0 Å². The molecule has 0 aromatic carbocycles. The van der Waals surface area contributed by atoms with E-state index in [0.717, 1.165) is 0 Å². The number of nitrogens with zero attached hydrogens (tertiary/aromatic N) is 1. The monoisotopic (exact) mass is 148 g/mol. The molecule has 0 spiro atoms. The molecule has 0 atom stereocenters. The predicted molar refractivity (Wildman–Crippen MR) is 36.4 cm³/mol. The van der Waals surface area contributed by atoms with E-state index in [4.69, 9.17) is 14.5 Å². The molecular formula is C6H14NO3+. The Morgan fingerprint density at radius 1 is 1.20 bits per heavy atom. The minimum absolute atomic E-state index is 0.316. The van der Waals surface area contributed by atoms with E-state index in [9.17, 15) is 0 Å². The van der Waals surface area contributed by atoms with Crippen LogP contribution in [0.5, 0.6) is 0 Å². The lowest BCUT2D eigenvalue weighted by Crippen LogP contribution is -2.44. The van der Waals surface area contributed by atoms with Crippen LogP contribution in [-0.4, -0.2) is 32.8 Å². The molecule has 0 radical (unpaired) electrons. The van der Waals surface area contributed by atoms with Gasteiger partial charge in [-0.05, 0) is 6.08 Å². The summed E-state index contributed by atoms with van der Waals surface area (Å²) in [5.41, 5.74) is 0. The highest BCUT2D eigenvalue weighted by Gasteiger charge is 2.27. The second-order valence-corrected chi connectivity index (χ2v) is 1.63. The largest absolute Gasteiger partial charge is 0.196 e. The first-order chi connectivity index (χ1) is 4.74. The number of hydrogen-bond acceptors (Lipinski definition) is 3. The van der Waals surface area contributed by atoms with Gasteiger partial charge in [0.15, 0.2) is 6.54 Å². The molecule has 0 aliphatic heterocycles. The second-order valence-electron chi connectivity index (χ2n) is 1.63. The average molecular weight is 148 g/mol. The summed E-state index contributed by atoms with van der Waals surface area (Å²) in [7, 11) is 4.49. The average Bonchev–Trinajstić information content (AvgIpc) is 2.01. The standard InChI is InChI=1S/C6H14NO3/c1-5-6-7(8-2,9-3)10-4/h5H,1,6H2,2-4H3/q+1. The Morgan fingerprint density at radius 2 is 1.60 bits per heavy atom. The van der Waals surface area contributed by atoms with Gasteiger partial charge in [0.05, 0.1) is 4.97 Å². The van der Waals surface area contributed by atoms with Crippen molar-refractivity contribution >= 4 is 0 Å². The van der Waals surface area contributed by atoms with Gasteiger partial charge in [-0.3, -0.25) is 0 Å². The minimum Gasteiger partial charge on any atom is -0.135 e. The van der Waals surface area contributed by atoms with Gasteiger partial charge in [-0.2, -0.15) is 0 Å². The Bertz CT molecular complexity index is 92.9. The van der Waals surface area contributed by atoms with Crippen LogP contribution in [0.4, 0.5) is 0 Å². The normalized spacial score (nSPS) is 11.5. The van der Waals surface area contributed by atoms with E-state index in [1.165, 1.54) is 21.3 Å². The fraction of sp³-hybridized carbons (Fsp3) is 0.667. The number of hydrogen-bond donors (Lipinski definition) is 0. The van der Waals surface area contributed by atoms with Crippen LogP contribution in [-0.2, 0) is 14.5 Å². The molecule has 0 saturated carbocycles.